The topological polar surface area (TPSA) is 47.7 Å². The zero-order chi connectivity index (χ0) is 22.2. The van der Waals surface area contributed by atoms with Gasteiger partial charge < -0.3 is 20.1 Å². The Kier molecular flexibility index (Phi) is 7.81. The lowest BCUT2D eigenvalue weighted by molar-refractivity contribution is -0.0275. The van der Waals surface area contributed by atoms with Crippen LogP contribution < -0.4 is 10.5 Å². The highest BCUT2D eigenvalue weighted by Crippen LogP contribution is 2.32. The monoisotopic (exact) mass is 430 g/mol. The van der Waals surface area contributed by atoms with Gasteiger partial charge in [-0.15, -0.1) is 0 Å². The quantitative estimate of drug-likeness (QED) is 0.354. The molecule has 0 aromatic heterocycles. The minimum atomic E-state index is -0.0151. The van der Waals surface area contributed by atoms with Gasteiger partial charge in [0.15, 0.2) is 0 Å². The minimum absolute atomic E-state index is 0.0151. The molecular formula is C28H34N2O2. The lowest BCUT2D eigenvalue weighted by atomic mass is 9.96. The number of anilines is 1. The molecule has 1 heterocycles. The smallest absolute Gasteiger partial charge is 0.142 e. The van der Waals surface area contributed by atoms with E-state index in [0.717, 1.165) is 44.6 Å². The first-order chi connectivity index (χ1) is 15.7. The van der Waals surface area contributed by atoms with Crippen LogP contribution in [0.1, 0.15) is 42.1 Å². The number of rotatable bonds is 9. The highest BCUT2D eigenvalue weighted by Gasteiger charge is 2.25. The molecule has 4 rings (SSSR count). The molecule has 1 aliphatic heterocycles. The average molecular weight is 431 g/mol. The molecule has 1 fully saturated rings. The first-order valence-electron chi connectivity index (χ1n) is 11.7. The van der Waals surface area contributed by atoms with E-state index in [-0.39, 0.29) is 12.2 Å². The molecule has 168 valence electrons. The summed E-state index contributed by atoms with van der Waals surface area (Å²) >= 11 is 0. The molecule has 0 amide bonds. The molecule has 0 bridgehead atoms. The van der Waals surface area contributed by atoms with Gasteiger partial charge in [-0.3, -0.25) is 0 Å². The predicted molar refractivity (Wildman–Crippen MR) is 131 cm³/mol. The third-order valence-corrected chi connectivity index (χ3v) is 6.23. The molecule has 1 atom stereocenters. The van der Waals surface area contributed by atoms with E-state index in [9.17, 15) is 0 Å². The zero-order valence-electron chi connectivity index (χ0n) is 19.0. The molecule has 1 saturated heterocycles. The molecule has 0 saturated carbocycles. The van der Waals surface area contributed by atoms with Crippen LogP contribution in [0.25, 0.3) is 0 Å². The van der Waals surface area contributed by atoms with Crippen LogP contribution in [0.15, 0.2) is 78.9 Å². The van der Waals surface area contributed by atoms with Crippen molar-refractivity contribution in [3.05, 3.63) is 95.6 Å². The second-order valence-corrected chi connectivity index (χ2v) is 8.56. The lowest BCUT2D eigenvalue weighted by Crippen LogP contribution is -2.38. The van der Waals surface area contributed by atoms with E-state index in [1.807, 2.05) is 24.3 Å². The standard InChI is InChI=1S/C28H34N2O2/c1-22-10-5-6-13-25(22)28(23-11-3-2-4-12-23)32-24-16-19-30(20-17-24)18-9-21-31-27-15-8-7-14-26(27)29/h2-8,10-15,24,28H,9,16-21,29H2,1H3. The van der Waals surface area contributed by atoms with Gasteiger partial charge in [-0.1, -0.05) is 66.7 Å². The number of nitrogen functional groups attached to an aromatic ring is 1. The molecule has 0 spiro atoms. The Bertz CT molecular complexity index is 968. The molecule has 1 aliphatic rings. The Morgan fingerprint density at radius 3 is 2.34 bits per heavy atom. The second-order valence-electron chi connectivity index (χ2n) is 8.56. The maximum absolute atomic E-state index is 6.72. The first kappa shape index (κ1) is 22.4. The van der Waals surface area contributed by atoms with Crippen LogP contribution in [0.2, 0.25) is 0 Å². The molecule has 32 heavy (non-hydrogen) atoms. The number of para-hydroxylation sites is 2. The Labute approximate surface area is 192 Å². The fourth-order valence-electron chi connectivity index (χ4n) is 4.38. The van der Waals surface area contributed by atoms with Crippen molar-refractivity contribution in [2.45, 2.75) is 38.4 Å². The lowest BCUT2D eigenvalue weighted by Gasteiger charge is -2.34. The SMILES string of the molecule is Cc1ccccc1C(OC1CCN(CCCOc2ccccc2N)CC1)c1ccccc1. The molecule has 3 aromatic rings. The van der Waals surface area contributed by atoms with Crippen LogP contribution in [0.5, 0.6) is 5.75 Å². The van der Waals surface area contributed by atoms with E-state index in [1.165, 1.54) is 16.7 Å². The van der Waals surface area contributed by atoms with Crippen molar-refractivity contribution in [3.63, 3.8) is 0 Å². The van der Waals surface area contributed by atoms with E-state index in [4.69, 9.17) is 15.2 Å². The van der Waals surface area contributed by atoms with E-state index in [2.05, 4.69) is 66.4 Å². The van der Waals surface area contributed by atoms with Crippen molar-refractivity contribution in [2.75, 3.05) is 32.0 Å². The van der Waals surface area contributed by atoms with E-state index >= 15 is 0 Å². The number of ether oxygens (including phenoxy) is 2. The number of piperidine rings is 1. The zero-order valence-corrected chi connectivity index (χ0v) is 19.0. The highest BCUT2D eigenvalue weighted by atomic mass is 16.5. The van der Waals surface area contributed by atoms with Gasteiger partial charge in [0, 0.05) is 19.6 Å². The molecule has 4 nitrogen and oxygen atoms in total. The van der Waals surface area contributed by atoms with Gasteiger partial charge in [-0.2, -0.15) is 0 Å². The van der Waals surface area contributed by atoms with Crippen LogP contribution in [0, 0.1) is 6.92 Å². The van der Waals surface area contributed by atoms with Gasteiger partial charge in [0.1, 0.15) is 11.9 Å². The number of benzene rings is 3. The summed E-state index contributed by atoms with van der Waals surface area (Å²) in [5.74, 6) is 0.780. The van der Waals surface area contributed by atoms with Gasteiger partial charge in [0.2, 0.25) is 0 Å². The van der Waals surface area contributed by atoms with Crippen molar-refractivity contribution >= 4 is 5.69 Å². The summed E-state index contributed by atoms with van der Waals surface area (Å²) in [6, 6.07) is 26.8. The van der Waals surface area contributed by atoms with Crippen LogP contribution in [-0.2, 0) is 4.74 Å². The third-order valence-electron chi connectivity index (χ3n) is 6.23. The van der Waals surface area contributed by atoms with Crippen molar-refractivity contribution in [1.29, 1.82) is 0 Å². The van der Waals surface area contributed by atoms with Crippen molar-refractivity contribution < 1.29 is 9.47 Å². The van der Waals surface area contributed by atoms with Crippen LogP contribution in [-0.4, -0.2) is 37.2 Å². The van der Waals surface area contributed by atoms with Gasteiger partial charge in [0.05, 0.1) is 18.4 Å². The van der Waals surface area contributed by atoms with Crippen molar-refractivity contribution in [1.82, 2.24) is 4.90 Å². The third kappa shape index (κ3) is 5.90. The predicted octanol–water partition coefficient (Wildman–Crippen LogP) is 5.62. The van der Waals surface area contributed by atoms with Gasteiger partial charge >= 0.3 is 0 Å². The summed E-state index contributed by atoms with van der Waals surface area (Å²) in [6.07, 6.45) is 3.37. The molecule has 0 radical (unpaired) electrons. The normalized spacial score (nSPS) is 16.0. The fourth-order valence-corrected chi connectivity index (χ4v) is 4.38. The van der Waals surface area contributed by atoms with E-state index < -0.39 is 0 Å². The Morgan fingerprint density at radius 1 is 0.906 bits per heavy atom. The maximum Gasteiger partial charge on any atom is 0.142 e. The minimum Gasteiger partial charge on any atom is -0.491 e. The second kappa shape index (κ2) is 11.2. The average Bonchev–Trinajstić information content (AvgIpc) is 2.83. The van der Waals surface area contributed by atoms with Crippen molar-refractivity contribution in [2.24, 2.45) is 0 Å². The Hall–Kier alpha value is -2.82. The van der Waals surface area contributed by atoms with Crippen LogP contribution in [0.4, 0.5) is 5.69 Å². The van der Waals surface area contributed by atoms with Gasteiger partial charge in [-0.05, 0) is 55.0 Å². The molecule has 2 N–H and O–H groups in total. The summed E-state index contributed by atoms with van der Waals surface area (Å²) in [4.78, 5) is 2.52. The van der Waals surface area contributed by atoms with Crippen LogP contribution in [0.3, 0.4) is 0 Å². The summed E-state index contributed by atoms with van der Waals surface area (Å²) < 4.78 is 12.6. The number of nitrogens with zero attached hydrogens (tertiary/aromatic N) is 1. The number of hydrogen-bond donors (Lipinski definition) is 1. The highest BCUT2D eigenvalue weighted by molar-refractivity contribution is 5.51. The molecule has 3 aromatic carbocycles. The summed E-state index contributed by atoms with van der Waals surface area (Å²) in [5.41, 5.74) is 10.4. The number of hydrogen-bond acceptors (Lipinski definition) is 4. The Morgan fingerprint density at radius 2 is 1.59 bits per heavy atom. The number of nitrogens with two attached hydrogens (primary N) is 1. The summed E-state index contributed by atoms with van der Waals surface area (Å²) in [6.45, 7) is 6.02. The van der Waals surface area contributed by atoms with Gasteiger partial charge in [-0.25, -0.2) is 0 Å². The maximum atomic E-state index is 6.72. The van der Waals surface area contributed by atoms with Crippen molar-refractivity contribution in [3.8, 4) is 5.75 Å². The largest absolute Gasteiger partial charge is 0.491 e. The molecule has 1 unspecified atom stereocenters. The number of aryl methyl sites for hydroxylation is 1. The summed E-state index contributed by atoms with van der Waals surface area (Å²) in [7, 11) is 0. The molecule has 4 heteroatoms. The molecular weight excluding hydrogens is 396 g/mol. The summed E-state index contributed by atoms with van der Waals surface area (Å²) in [5, 5.41) is 0. The van der Waals surface area contributed by atoms with E-state index in [1.54, 1.807) is 0 Å². The van der Waals surface area contributed by atoms with E-state index in [0.29, 0.717) is 12.3 Å². The Balaban J connectivity index is 1.27. The number of likely N-dealkylation sites (tertiary alicyclic amines) is 1. The molecule has 0 aliphatic carbocycles. The first-order valence-corrected chi connectivity index (χ1v) is 11.7. The van der Waals surface area contributed by atoms with Gasteiger partial charge in [0.25, 0.3) is 0 Å². The van der Waals surface area contributed by atoms with Crippen LogP contribution >= 0.6 is 0 Å². The fraction of sp³-hybridized carbons (Fsp3) is 0.357.